The van der Waals surface area contributed by atoms with Crippen LogP contribution in [0.1, 0.15) is 20.3 Å². The third-order valence-corrected chi connectivity index (χ3v) is 3.34. The molecule has 0 saturated carbocycles. The van der Waals surface area contributed by atoms with Gasteiger partial charge in [-0.1, -0.05) is 13.0 Å². The number of ether oxygens (including phenoxy) is 1. The standard InChI is InChI=1S/C14H21N3O2/c1-4-10(2)17(8-9-18-3)14-16-13-11(15)6-5-7-12(13)19-14/h5-7,10H,4,8-9,15H2,1-3H3. The van der Waals surface area contributed by atoms with Gasteiger partial charge in [-0.15, -0.1) is 0 Å². The molecule has 19 heavy (non-hydrogen) atoms. The van der Waals surface area contributed by atoms with E-state index in [0.717, 1.165) is 24.1 Å². The molecule has 2 N–H and O–H groups in total. The fourth-order valence-corrected chi connectivity index (χ4v) is 2.00. The van der Waals surface area contributed by atoms with Gasteiger partial charge in [0.15, 0.2) is 5.58 Å². The fourth-order valence-electron chi connectivity index (χ4n) is 2.00. The second kappa shape index (κ2) is 5.93. The van der Waals surface area contributed by atoms with Crippen molar-refractivity contribution in [3.8, 4) is 0 Å². The minimum Gasteiger partial charge on any atom is -0.423 e. The van der Waals surface area contributed by atoms with E-state index in [9.17, 15) is 0 Å². The van der Waals surface area contributed by atoms with Crippen molar-refractivity contribution in [1.82, 2.24) is 4.98 Å². The first-order valence-corrected chi connectivity index (χ1v) is 6.58. The van der Waals surface area contributed by atoms with E-state index in [0.29, 0.717) is 24.4 Å². The number of nitrogens with two attached hydrogens (primary N) is 1. The van der Waals surface area contributed by atoms with Crippen LogP contribution >= 0.6 is 0 Å². The van der Waals surface area contributed by atoms with Crippen LogP contribution < -0.4 is 10.6 Å². The molecule has 5 heteroatoms. The van der Waals surface area contributed by atoms with E-state index in [4.69, 9.17) is 14.9 Å². The lowest BCUT2D eigenvalue weighted by atomic mass is 10.2. The lowest BCUT2D eigenvalue weighted by Crippen LogP contribution is -2.35. The molecular formula is C14H21N3O2. The number of para-hydroxylation sites is 1. The number of hydrogen-bond acceptors (Lipinski definition) is 5. The Morgan fingerprint density at radius 2 is 2.26 bits per heavy atom. The van der Waals surface area contributed by atoms with Gasteiger partial charge in [-0.25, -0.2) is 0 Å². The van der Waals surface area contributed by atoms with Gasteiger partial charge in [0.2, 0.25) is 0 Å². The van der Waals surface area contributed by atoms with Crippen molar-refractivity contribution in [2.45, 2.75) is 26.3 Å². The molecule has 0 radical (unpaired) electrons. The summed E-state index contributed by atoms with van der Waals surface area (Å²) in [6.45, 7) is 5.67. The third-order valence-electron chi connectivity index (χ3n) is 3.34. The summed E-state index contributed by atoms with van der Waals surface area (Å²) >= 11 is 0. The number of anilines is 2. The van der Waals surface area contributed by atoms with E-state index < -0.39 is 0 Å². The van der Waals surface area contributed by atoms with Gasteiger partial charge in [-0.2, -0.15) is 4.98 Å². The molecule has 104 valence electrons. The number of methoxy groups -OCH3 is 1. The summed E-state index contributed by atoms with van der Waals surface area (Å²) in [6.07, 6.45) is 1.01. The predicted octanol–water partition coefficient (Wildman–Crippen LogP) is 2.66. The smallest absolute Gasteiger partial charge is 0.298 e. The zero-order chi connectivity index (χ0) is 13.8. The first kappa shape index (κ1) is 13.7. The van der Waals surface area contributed by atoms with Gasteiger partial charge in [0.05, 0.1) is 12.3 Å². The molecule has 1 atom stereocenters. The van der Waals surface area contributed by atoms with Gasteiger partial charge in [0.25, 0.3) is 6.01 Å². The van der Waals surface area contributed by atoms with Crippen molar-refractivity contribution in [2.75, 3.05) is 30.9 Å². The fraction of sp³-hybridized carbons (Fsp3) is 0.500. The minimum absolute atomic E-state index is 0.337. The Kier molecular flexibility index (Phi) is 4.27. The van der Waals surface area contributed by atoms with E-state index in [1.807, 2.05) is 18.2 Å². The molecule has 1 aromatic carbocycles. The van der Waals surface area contributed by atoms with Crippen LogP contribution in [0.25, 0.3) is 11.1 Å². The number of hydrogen-bond donors (Lipinski definition) is 1. The highest BCUT2D eigenvalue weighted by molar-refractivity contribution is 5.86. The van der Waals surface area contributed by atoms with Crippen LogP contribution in [-0.2, 0) is 4.74 Å². The van der Waals surface area contributed by atoms with Gasteiger partial charge in [-0.3, -0.25) is 0 Å². The average Bonchev–Trinajstić information content (AvgIpc) is 2.84. The normalized spacial score (nSPS) is 12.8. The third kappa shape index (κ3) is 2.81. The van der Waals surface area contributed by atoms with Crippen LogP contribution in [0.5, 0.6) is 0 Å². The van der Waals surface area contributed by atoms with Crippen LogP contribution in [0.15, 0.2) is 22.6 Å². The van der Waals surface area contributed by atoms with Crippen LogP contribution in [0, 0.1) is 0 Å². The second-order valence-corrected chi connectivity index (χ2v) is 4.63. The lowest BCUT2D eigenvalue weighted by Gasteiger charge is -2.26. The topological polar surface area (TPSA) is 64.5 Å². The number of benzene rings is 1. The average molecular weight is 263 g/mol. The van der Waals surface area contributed by atoms with Crippen molar-refractivity contribution in [3.05, 3.63) is 18.2 Å². The van der Waals surface area contributed by atoms with Crippen molar-refractivity contribution in [2.24, 2.45) is 0 Å². The molecule has 5 nitrogen and oxygen atoms in total. The molecule has 1 heterocycles. The van der Waals surface area contributed by atoms with E-state index >= 15 is 0 Å². The summed E-state index contributed by atoms with van der Waals surface area (Å²) in [5, 5.41) is 0. The maximum Gasteiger partial charge on any atom is 0.298 e. The van der Waals surface area contributed by atoms with E-state index in [1.165, 1.54) is 0 Å². The van der Waals surface area contributed by atoms with Gasteiger partial charge in [0.1, 0.15) is 5.52 Å². The quantitative estimate of drug-likeness (QED) is 0.812. The number of oxazole rings is 1. The molecule has 0 fully saturated rings. The molecule has 1 aromatic heterocycles. The van der Waals surface area contributed by atoms with Gasteiger partial charge in [0, 0.05) is 19.7 Å². The molecule has 0 aliphatic rings. The van der Waals surface area contributed by atoms with Gasteiger partial charge >= 0.3 is 0 Å². The number of aromatic nitrogens is 1. The summed E-state index contributed by atoms with van der Waals surface area (Å²) in [5.74, 6) is 0. The summed E-state index contributed by atoms with van der Waals surface area (Å²) in [6, 6.07) is 6.53. The van der Waals surface area contributed by atoms with Crippen LogP contribution in [-0.4, -0.2) is 31.3 Å². The summed E-state index contributed by atoms with van der Waals surface area (Å²) in [5.41, 5.74) is 8.00. The Labute approximate surface area is 113 Å². The molecule has 0 spiro atoms. The first-order valence-electron chi connectivity index (χ1n) is 6.58. The Morgan fingerprint density at radius 1 is 1.47 bits per heavy atom. The molecule has 2 rings (SSSR count). The van der Waals surface area contributed by atoms with Gasteiger partial charge in [-0.05, 0) is 25.5 Å². The molecule has 0 saturated heterocycles. The number of rotatable bonds is 6. The lowest BCUT2D eigenvalue weighted by molar-refractivity contribution is 0.202. The first-order chi connectivity index (χ1) is 9.17. The van der Waals surface area contributed by atoms with Crippen molar-refractivity contribution in [1.29, 1.82) is 0 Å². The number of nitrogens with zero attached hydrogens (tertiary/aromatic N) is 2. The molecule has 0 aliphatic heterocycles. The van der Waals surface area contributed by atoms with E-state index in [-0.39, 0.29) is 0 Å². The monoisotopic (exact) mass is 263 g/mol. The van der Waals surface area contributed by atoms with Crippen LogP contribution in [0.3, 0.4) is 0 Å². The largest absolute Gasteiger partial charge is 0.423 e. The highest BCUT2D eigenvalue weighted by Crippen LogP contribution is 2.27. The zero-order valence-electron chi connectivity index (χ0n) is 11.7. The molecule has 1 unspecified atom stereocenters. The molecule has 0 aliphatic carbocycles. The summed E-state index contributed by atoms with van der Waals surface area (Å²) in [4.78, 5) is 6.63. The zero-order valence-corrected chi connectivity index (χ0v) is 11.7. The van der Waals surface area contributed by atoms with E-state index in [2.05, 4.69) is 23.7 Å². The minimum atomic E-state index is 0.337. The van der Waals surface area contributed by atoms with E-state index in [1.54, 1.807) is 7.11 Å². The number of nitrogen functional groups attached to an aromatic ring is 1. The Bertz CT molecular complexity index is 538. The molecular weight excluding hydrogens is 242 g/mol. The van der Waals surface area contributed by atoms with Crippen molar-refractivity contribution >= 4 is 22.8 Å². The second-order valence-electron chi connectivity index (χ2n) is 4.63. The molecule has 2 aromatic rings. The highest BCUT2D eigenvalue weighted by atomic mass is 16.5. The molecule has 0 bridgehead atoms. The number of fused-ring (bicyclic) bond motifs is 1. The Morgan fingerprint density at radius 3 is 2.89 bits per heavy atom. The SMILES string of the molecule is CCC(C)N(CCOC)c1nc2c(N)cccc2o1. The predicted molar refractivity (Wildman–Crippen MR) is 77.4 cm³/mol. The molecule has 0 amide bonds. The highest BCUT2D eigenvalue weighted by Gasteiger charge is 2.19. The van der Waals surface area contributed by atoms with Crippen LogP contribution in [0.4, 0.5) is 11.7 Å². The van der Waals surface area contributed by atoms with Crippen molar-refractivity contribution in [3.63, 3.8) is 0 Å². The van der Waals surface area contributed by atoms with Gasteiger partial charge < -0.3 is 19.8 Å². The Hall–Kier alpha value is -1.75. The summed E-state index contributed by atoms with van der Waals surface area (Å²) in [7, 11) is 1.69. The maximum absolute atomic E-state index is 5.91. The Balaban J connectivity index is 2.35. The van der Waals surface area contributed by atoms with Crippen molar-refractivity contribution < 1.29 is 9.15 Å². The van der Waals surface area contributed by atoms with Crippen LogP contribution in [0.2, 0.25) is 0 Å². The summed E-state index contributed by atoms with van der Waals surface area (Å²) < 4.78 is 11.0. The maximum atomic E-state index is 5.91.